The Morgan fingerprint density at radius 2 is 1.88 bits per heavy atom. The van der Waals surface area contributed by atoms with Gasteiger partial charge in [0.25, 0.3) is 0 Å². The van der Waals surface area contributed by atoms with E-state index >= 15 is 0 Å². The molecule has 0 radical (unpaired) electrons. The molecule has 2 rings (SSSR count). The number of benzene rings is 2. The van der Waals surface area contributed by atoms with Crippen LogP contribution in [0, 0.1) is 11.3 Å². The molecular formula is C18H19ClN2O3S. The van der Waals surface area contributed by atoms with Crippen LogP contribution in [0.3, 0.4) is 0 Å². The zero-order valence-corrected chi connectivity index (χ0v) is 15.4. The van der Waals surface area contributed by atoms with E-state index in [9.17, 15) is 8.42 Å². The lowest BCUT2D eigenvalue weighted by Crippen LogP contribution is -2.24. The molecule has 7 heteroatoms. The first kappa shape index (κ1) is 19.3. The summed E-state index contributed by atoms with van der Waals surface area (Å²) < 4.78 is 32.6. The summed E-state index contributed by atoms with van der Waals surface area (Å²) in [5.74, 6) is 0.743. The van der Waals surface area contributed by atoms with Crippen molar-refractivity contribution in [1.29, 1.82) is 5.26 Å². The quantitative estimate of drug-likeness (QED) is 0.687. The fourth-order valence-electron chi connectivity index (χ4n) is 2.18. The molecule has 0 spiro atoms. The van der Waals surface area contributed by atoms with E-state index in [1.807, 2.05) is 6.07 Å². The molecule has 5 nitrogen and oxygen atoms in total. The third-order valence-electron chi connectivity index (χ3n) is 3.52. The minimum atomic E-state index is -3.53. The second-order valence-electron chi connectivity index (χ2n) is 5.40. The lowest BCUT2D eigenvalue weighted by Gasteiger charge is -2.10. The van der Waals surface area contributed by atoms with E-state index in [1.165, 1.54) is 12.1 Å². The van der Waals surface area contributed by atoms with Crippen LogP contribution in [0.15, 0.2) is 47.4 Å². The van der Waals surface area contributed by atoms with E-state index in [0.29, 0.717) is 23.1 Å². The van der Waals surface area contributed by atoms with Crippen LogP contribution >= 0.6 is 11.6 Å². The fraction of sp³-hybridized carbons (Fsp3) is 0.278. The highest BCUT2D eigenvalue weighted by atomic mass is 35.5. The number of unbranched alkanes of at least 4 members (excludes halogenated alkanes) is 2. The maximum absolute atomic E-state index is 12.2. The third-order valence-corrected chi connectivity index (χ3v) is 5.31. The summed E-state index contributed by atoms with van der Waals surface area (Å²) in [4.78, 5) is 0.169. The zero-order chi connectivity index (χ0) is 18.3. The maximum atomic E-state index is 12.2. The SMILES string of the molecule is CCCCCNS(=O)(=O)c1ccc(Oc2cccc(Cl)c2C#N)cc1. The van der Waals surface area contributed by atoms with Crippen LogP contribution in [0.2, 0.25) is 5.02 Å². The Labute approximate surface area is 153 Å². The highest BCUT2D eigenvalue weighted by molar-refractivity contribution is 7.89. The van der Waals surface area contributed by atoms with Gasteiger partial charge in [0.05, 0.1) is 9.92 Å². The van der Waals surface area contributed by atoms with Crippen molar-refractivity contribution in [3.05, 3.63) is 53.1 Å². The average molecular weight is 379 g/mol. The summed E-state index contributed by atoms with van der Waals surface area (Å²) in [6, 6.07) is 12.9. The first-order valence-corrected chi connectivity index (χ1v) is 9.80. The smallest absolute Gasteiger partial charge is 0.240 e. The van der Waals surface area contributed by atoms with E-state index < -0.39 is 10.0 Å². The number of hydrogen-bond donors (Lipinski definition) is 1. The van der Waals surface area contributed by atoms with Gasteiger partial charge in [-0.3, -0.25) is 0 Å². The Hall–Kier alpha value is -2.07. The van der Waals surface area contributed by atoms with E-state index in [-0.39, 0.29) is 10.5 Å². The topological polar surface area (TPSA) is 79.2 Å². The van der Waals surface area contributed by atoms with Gasteiger partial charge < -0.3 is 4.74 Å². The minimum absolute atomic E-state index is 0.169. The molecule has 0 fully saturated rings. The second kappa shape index (κ2) is 8.86. The number of rotatable bonds is 8. The van der Waals surface area contributed by atoms with Crippen molar-refractivity contribution in [1.82, 2.24) is 4.72 Å². The molecule has 0 saturated carbocycles. The molecule has 0 amide bonds. The summed E-state index contributed by atoms with van der Waals surface area (Å²) in [5, 5.41) is 9.45. The molecule has 0 aromatic heterocycles. The monoisotopic (exact) mass is 378 g/mol. The van der Waals surface area contributed by atoms with Crippen molar-refractivity contribution in [2.24, 2.45) is 0 Å². The van der Waals surface area contributed by atoms with E-state index in [0.717, 1.165) is 19.3 Å². The summed E-state index contributed by atoms with van der Waals surface area (Å²) in [6.45, 7) is 2.48. The van der Waals surface area contributed by atoms with Crippen molar-refractivity contribution < 1.29 is 13.2 Å². The lowest BCUT2D eigenvalue weighted by molar-refractivity contribution is 0.480. The second-order valence-corrected chi connectivity index (χ2v) is 7.58. The van der Waals surface area contributed by atoms with Gasteiger partial charge in [-0.05, 0) is 42.8 Å². The molecule has 132 valence electrons. The van der Waals surface area contributed by atoms with Crippen molar-refractivity contribution in [3.63, 3.8) is 0 Å². The predicted octanol–water partition coefficient (Wildman–Crippen LogP) is 4.47. The number of hydrogen-bond acceptors (Lipinski definition) is 4. The average Bonchev–Trinajstić information content (AvgIpc) is 2.59. The molecule has 0 bridgehead atoms. The van der Waals surface area contributed by atoms with Crippen LogP contribution in [0.5, 0.6) is 11.5 Å². The molecule has 0 aliphatic heterocycles. The largest absolute Gasteiger partial charge is 0.456 e. The van der Waals surface area contributed by atoms with Crippen molar-refractivity contribution in [2.75, 3.05) is 6.54 Å². The number of nitrogens with zero attached hydrogens (tertiary/aromatic N) is 1. The summed E-state index contributed by atoms with van der Waals surface area (Å²) in [5.41, 5.74) is 0.235. The van der Waals surface area contributed by atoms with Gasteiger partial charge in [0.15, 0.2) is 0 Å². The van der Waals surface area contributed by atoms with Crippen LogP contribution in [0.25, 0.3) is 0 Å². The molecule has 2 aromatic carbocycles. The molecule has 25 heavy (non-hydrogen) atoms. The first-order chi connectivity index (χ1) is 12.0. The number of sulfonamides is 1. The molecule has 2 aromatic rings. The Morgan fingerprint density at radius 3 is 2.52 bits per heavy atom. The lowest BCUT2D eigenvalue weighted by atomic mass is 10.2. The van der Waals surface area contributed by atoms with Gasteiger partial charge in [0.2, 0.25) is 10.0 Å². The van der Waals surface area contributed by atoms with Gasteiger partial charge in [-0.15, -0.1) is 0 Å². The number of halogens is 1. The molecule has 0 aliphatic rings. The van der Waals surface area contributed by atoms with Gasteiger partial charge in [0.1, 0.15) is 23.1 Å². The van der Waals surface area contributed by atoms with Gasteiger partial charge in [0, 0.05) is 6.54 Å². The van der Waals surface area contributed by atoms with Gasteiger partial charge in [-0.1, -0.05) is 37.4 Å². The molecule has 0 heterocycles. The van der Waals surface area contributed by atoms with Gasteiger partial charge in [-0.2, -0.15) is 5.26 Å². The van der Waals surface area contributed by atoms with Crippen LogP contribution in [-0.4, -0.2) is 15.0 Å². The minimum Gasteiger partial charge on any atom is -0.456 e. The van der Waals surface area contributed by atoms with E-state index in [2.05, 4.69) is 11.6 Å². The zero-order valence-electron chi connectivity index (χ0n) is 13.8. The third kappa shape index (κ3) is 5.20. The Kier molecular flexibility index (Phi) is 6.82. The highest BCUT2D eigenvalue weighted by Crippen LogP contribution is 2.30. The molecule has 0 atom stereocenters. The summed E-state index contributed by atoms with van der Waals surface area (Å²) in [7, 11) is -3.53. The Bertz CT molecular complexity index is 859. The van der Waals surface area contributed by atoms with Crippen molar-refractivity contribution >= 4 is 21.6 Å². The van der Waals surface area contributed by atoms with Gasteiger partial charge in [-0.25, -0.2) is 13.1 Å². The number of nitriles is 1. The van der Waals surface area contributed by atoms with Crippen LogP contribution < -0.4 is 9.46 Å². The fourth-order valence-corrected chi connectivity index (χ4v) is 3.46. The Morgan fingerprint density at radius 1 is 1.16 bits per heavy atom. The normalized spacial score (nSPS) is 11.1. The summed E-state index contributed by atoms with van der Waals surface area (Å²) in [6.07, 6.45) is 2.82. The predicted molar refractivity (Wildman–Crippen MR) is 97.4 cm³/mol. The Balaban J connectivity index is 2.10. The van der Waals surface area contributed by atoms with Gasteiger partial charge >= 0.3 is 0 Å². The van der Waals surface area contributed by atoms with E-state index in [1.54, 1.807) is 30.3 Å². The standard InChI is InChI=1S/C18H19ClN2O3S/c1-2-3-4-12-21-25(22,23)15-10-8-14(9-11-15)24-18-7-5-6-17(19)16(18)13-20/h5-11,21H,2-4,12H2,1H3. The maximum Gasteiger partial charge on any atom is 0.240 e. The number of nitrogens with one attached hydrogen (secondary N) is 1. The number of ether oxygens (including phenoxy) is 1. The highest BCUT2D eigenvalue weighted by Gasteiger charge is 2.14. The van der Waals surface area contributed by atoms with Crippen molar-refractivity contribution in [2.45, 2.75) is 31.1 Å². The molecular weight excluding hydrogens is 360 g/mol. The van der Waals surface area contributed by atoms with Crippen LogP contribution in [0.4, 0.5) is 0 Å². The molecule has 1 N–H and O–H groups in total. The van der Waals surface area contributed by atoms with Crippen molar-refractivity contribution in [3.8, 4) is 17.6 Å². The van der Waals surface area contributed by atoms with Crippen LogP contribution in [-0.2, 0) is 10.0 Å². The van der Waals surface area contributed by atoms with E-state index in [4.69, 9.17) is 21.6 Å². The first-order valence-electron chi connectivity index (χ1n) is 7.94. The molecule has 0 unspecified atom stereocenters. The van der Waals surface area contributed by atoms with Crippen LogP contribution in [0.1, 0.15) is 31.7 Å². The molecule has 0 aliphatic carbocycles. The summed E-state index contributed by atoms with van der Waals surface area (Å²) >= 11 is 5.96. The molecule has 0 saturated heterocycles.